The molecular formula is C13H18N2O5. The summed E-state index contributed by atoms with van der Waals surface area (Å²) in [5.74, 6) is -0.680. The van der Waals surface area contributed by atoms with Crippen molar-refractivity contribution < 1.29 is 23.5 Å². The smallest absolute Gasteiger partial charge is 0.307 e. The molecule has 1 rings (SSSR count). The van der Waals surface area contributed by atoms with E-state index in [2.05, 4.69) is 10.1 Å². The van der Waals surface area contributed by atoms with Crippen LogP contribution in [-0.2, 0) is 14.3 Å². The van der Waals surface area contributed by atoms with Gasteiger partial charge >= 0.3 is 5.97 Å². The average molecular weight is 282 g/mol. The molecule has 0 fully saturated rings. The zero-order chi connectivity index (χ0) is 15.0. The number of hydrogen-bond acceptors (Lipinski definition) is 5. The van der Waals surface area contributed by atoms with Crippen LogP contribution >= 0.6 is 0 Å². The van der Waals surface area contributed by atoms with Crippen molar-refractivity contribution in [3.63, 3.8) is 0 Å². The van der Waals surface area contributed by atoms with E-state index in [-0.39, 0.29) is 49.5 Å². The molecule has 1 N–H and O–H groups in total. The summed E-state index contributed by atoms with van der Waals surface area (Å²) in [6.07, 6.45) is 1.71. The normalized spacial score (nSPS) is 9.90. The molecule has 0 bridgehead atoms. The fraction of sp³-hybridized carbons (Fsp3) is 0.462. The fourth-order valence-corrected chi connectivity index (χ4v) is 1.45. The highest BCUT2D eigenvalue weighted by Gasteiger charge is 2.12. The molecule has 0 saturated carbocycles. The topological polar surface area (TPSA) is 88.9 Å². The van der Waals surface area contributed by atoms with Gasteiger partial charge in [0.25, 0.3) is 5.91 Å². The quantitative estimate of drug-likeness (QED) is 0.732. The van der Waals surface area contributed by atoms with E-state index in [4.69, 9.17) is 4.42 Å². The molecule has 0 atom stereocenters. The van der Waals surface area contributed by atoms with Crippen molar-refractivity contribution in [1.29, 1.82) is 0 Å². The van der Waals surface area contributed by atoms with E-state index in [0.717, 1.165) is 0 Å². The third-order valence-electron chi connectivity index (χ3n) is 2.67. The fourth-order valence-electron chi connectivity index (χ4n) is 1.45. The summed E-state index contributed by atoms with van der Waals surface area (Å²) in [5.41, 5.74) is 0. The number of methoxy groups -OCH3 is 1. The summed E-state index contributed by atoms with van der Waals surface area (Å²) >= 11 is 0. The first kappa shape index (κ1) is 15.7. The van der Waals surface area contributed by atoms with E-state index in [1.807, 2.05) is 0 Å². The van der Waals surface area contributed by atoms with Crippen LogP contribution in [0.15, 0.2) is 22.8 Å². The summed E-state index contributed by atoms with van der Waals surface area (Å²) < 4.78 is 9.41. The van der Waals surface area contributed by atoms with Crippen LogP contribution in [0.25, 0.3) is 0 Å². The first-order chi connectivity index (χ1) is 9.54. The highest BCUT2D eigenvalue weighted by molar-refractivity contribution is 5.91. The molecule has 1 aromatic rings. The molecule has 0 aromatic carbocycles. The van der Waals surface area contributed by atoms with Crippen LogP contribution in [0.2, 0.25) is 0 Å². The van der Waals surface area contributed by atoms with E-state index in [1.54, 1.807) is 19.2 Å². The van der Waals surface area contributed by atoms with Crippen molar-refractivity contribution in [3.8, 4) is 0 Å². The maximum atomic E-state index is 11.7. The standard InChI is InChI=1S/C13H18N2O5/c1-15(8-6-12(17)19-2)11(16)5-7-14-13(18)10-4-3-9-20-10/h3-4,9H,5-8H2,1-2H3,(H,14,18). The SMILES string of the molecule is COC(=O)CCN(C)C(=O)CCNC(=O)c1ccco1. The highest BCUT2D eigenvalue weighted by atomic mass is 16.5. The van der Waals surface area contributed by atoms with Crippen molar-refractivity contribution in [2.45, 2.75) is 12.8 Å². The van der Waals surface area contributed by atoms with E-state index in [9.17, 15) is 14.4 Å². The van der Waals surface area contributed by atoms with Gasteiger partial charge in [0.1, 0.15) is 0 Å². The van der Waals surface area contributed by atoms with E-state index in [0.29, 0.717) is 0 Å². The van der Waals surface area contributed by atoms with E-state index in [1.165, 1.54) is 18.3 Å². The number of rotatable bonds is 7. The second kappa shape index (κ2) is 7.98. The number of esters is 1. The third kappa shape index (κ3) is 5.13. The Labute approximate surface area is 116 Å². The number of carbonyl (C=O) groups excluding carboxylic acids is 3. The maximum absolute atomic E-state index is 11.7. The van der Waals surface area contributed by atoms with Gasteiger partial charge in [-0.1, -0.05) is 0 Å². The highest BCUT2D eigenvalue weighted by Crippen LogP contribution is 1.99. The summed E-state index contributed by atoms with van der Waals surface area (Å²) in [6.45, 7) is 0.499. The first-order valence-corrected chi connectivity index (χ1v) is 6.17. The van der Waals surface area contributed by atoms with Crippen molar-refractivity contribution in [2.75, 3.05) is 27.2 Å². The molecule has 0 saturated heterocycles. The van der Waals surface area contributed by atoms with Crippen molar-refractivity contribution in [2.24, 2.45) is 0 Å². The lowest BCUT2D eigenvalue weighted by Crippen LogP contribution is -2.33. The zero-order valence-corrected chi connectivity index (χ0v) is 11.5. The minimum atomic E-state index is -0.365. The lowest BCUT2D eigenvalue weighted by atomic mass is 10.3. The number of ether oxygens (including phenoxy) is 1. The van der Waals surface area contributed by atoms with Crippen LogP contribution in [-0.4, -0.2) is 49.9 Å². The Hall–Kier alpha value is -2.31. The minimum absolute atomic E-state index is 0.150. The molecular weight excluding hydrogens is 264 g/mol. The van der Waals surface area contributed by atoms with Gasteiger partial charge in [0, 0.05) is 26.6 Å². The Morgan fingerprint density at radius 2 is 2.10 bits per heavy atom. The second-order valence-electron chi connectivity index (χ2n) is 4.12. The van der Waals surface area contributed by atoms with Gasteiger partial charge in [-0.2, -0.15) is 0 Å². The van der Waals surface area contributed by atoms with Crippen molar-refractivity contribution in [3.05, 3.63) is 24.2 Å². The van der Waals surface area contributed by atoms with Crippen molar-refractivity contribution >= 4 is 17.8 Å². The van der Waals surface area contributed by atoms with Crippen LogP contribution in [0.4, 0.5) is 0 Å². The Bertz CT molecular complexity index is 455. The van der Waals surface area contributed by atoms with Gasteiger partial charge < -0.3 is 19.4 Å². The van der Waals surface area contributed by atoms with Crippen LogP contribution in [0, 0.1) is 0 Å². The molecule has 2 amide bonds. The van der Waals surface area contributed by atoms with E-state index < -0.39 is 0 Å². The molecule has 7 heteroatoms. The molecule has 0 radical (unpaired) electrons. The summed E-state index contributed by atoms with van der Waals surface area (Å²) in [7, 11) is 2.90. The van der Waals surface area contributed by atoms with Crippen LogP contribution < -0.4 is 5.32 Å². The van der Waals surface area contributed by atoms with Crippen LogP contribution in [0.5, 0.6) is 0 Å². The Morgan fingerprint density at radius 3 is 2.70 bits per heavy atom. The second-order valence-corrected chi connectivity index (χ2v) is 4.12. The molecule has 20 heavy (non-hydrogen) atoms. The molecule has 1 heterocycles. The largest absolute Gasteiger partial charge is 0.469 e. The predicted octanol–water partition coefficient (Wildman–Crippen LogP) is 0.421. The summed E-state index contributed by atoms with van der Waals surface area (Å²) in [4.78, 5) is 35.6. The minimum Gasteiger partial charge on any atom is -0.469 e. The number of furan rings is 1. The first-order valence-electron chi connectivity index (χ1n) is 6.17. The van der Waals surface area contributed by atoms with Gasteiger partial charge in [-0.05, 0) is 12.1 Å². The number of amides is 2. The van der Waals surface area contributed by atoms with Gasteiger partial charge in [0.15, 0.2) is 5.76 Å². The number of nitrogens with one attached hydrogen (secondary N) is 1. The van der Waals surface area contributed by atoms with Crippen LogP contribution in [0.1, 0.15) is 23.4 Å². The molecule has 7 nitrogen and oxygen atoms in total. The molecule has 0 unspecified atom stereocenters. The summed E-state index contributed by atoms with van der Waals surface area (Å²) in [5, 5.41) is 2.58. The van der Waals surface area contributed by atoms with Crippen LogP contribution in [0.3, 0.4) is 0 Å². The van der Waals surface area contributed by atoms with Crippen molar-refractivity contribution in [1.82, 2.24) is 10.2 Å². The van der Waals surface area contributed by atoms with Gasteiger partial charge in [0.2, 0.25) is 5.91 Å². The zero-order valence-electron chi connectivity index (χ0n) is 11.5. The predicted molar refractivity (Wildman–Crippen MR) is 69.9 cm³/mol. The monoisotopic (exact) mass is 282 g/mol. The lowest BCUT2D eigenvalue weighted by molar-refractivity contribution is -0.141. The molecule has 0 aliphatic carbocycles. The maximum Gasteiger partial charge on any atom is 0.307 e. The molecule has 1 aromatic heterocycles. The third-order valence-corrected chi connectivity index (χ3v) is 2.67. The Kier molecular flexibility index (Phi) is 6.28. The number of carbonyl (C=O) groups is 3. The van der Waals surface area contributed by atoms with Gasteiger partial charge in [-0.25, -0.2) is 0 Å². The molecule has 0 spiro atoms. The van der Waals surface area contributed by atoms with E-state index >= 15 is 0 Å². The van der Waals surface area contributed by atoms with Gasteiger partial charge in [-0.15, -0.1) is 0 Å². The Balaban J connectivity index is 2.22. The molecule has 0 aliphatic rings. The summed E-state index contributed by atoms with van der Waals surface area (Å²) in [6, 6.07) is 3.15. The lowest BCUT2D eigenvalue weighted by Gasteiger charge is -2.16. The average Bonchev–Trinajstić information content (AvgIpc) is 2.98. The number of nitrogens with zero attached hydrogens (tertiary/aromatic N) is 1. The Morgan fingerprint density at radius 1 is 1.35 bits per heavy atom. The van der Waals surface area contributed by atoms with Gasteiger partial charge in [0.05, 0.1) is 19.8 Å². The van der Waals surface area contributed by atoms with Gasteiger partial charge in [-0.3, -0.25) is 14.4 Å². The number of hydrogen-bond donors (Lipinski definition) is 1. The molecule has 110 valence electrons. The molecule has 0 aliphatic heterocycles.